The Morgan fingerprint density at radius 1 is 1.36 bits per heavy atom. The summed E-state index contributed by atoms with van der Waals surface area (Å²) >= 11 is 0. The molecule has 0 bridgehead atoms. The minimum Gasteiger partial charge on any atom is -0.326 e. The summed E-state index contributed by atoms with van der Waals surface area (Å²) in [5, 5.41) is 5.76. The zero-order valence-corrected chi connectivity index (χ0v) is 8.41. The summed E-state index contributed by atoms with van der Waals surface area (Å²) in [5.74, 6) is 0.0842. The van der Waals surface area contributed by atoms with Crippen molar-refractivity contribution in [1.29, 1.82) is 0 Å². The summed E-state index contributed by atoms with van der Waals surface area (Å²) in [6, 6.07) is -0.505. The maximum Gasteiger partial charge on any atom is 0.325 e. The lowest BCUT2D eigenvalue weighted by molar-refractivity contribution is -0.130. The van der Waals surface area contributed by atoms with Gasteiger partial charge in [0.1, 0.15) is 6.04 Å². The zero-order valence-electron chi connectivity index (χ0n) is 8.41. The number of amides is 3. The third kappa shape index (κ3) is 1.28. The third-order valence-corrected chi connectivity index (χ3v) is 2.79. The highest BCUT2D eigenvalue weighted by Crippen LogP contribution is 2.17. The number of carbonyl (C=O) groups excluding carboxylic acids is 2. The molecular weight excluding hydrogens is 182 g/mol. The number of rotatable bonds is 2. The molecule has 78 valence electrons. The lowest BCUT2D eigenvalue weighted by atomic mass is 10.0. The SMILES string of the molecule is CC(C)C1NC(=O)N(C2CNC2)C1=O. The number of hydrogen-bond acceptors (Lipinski definition) is 3. The summed E-state index contributed by atoms with van der Waals surface area (Å²) in [4.78, 5) is 24.7. The topological polar surface area (TPSA) is 61.4 Å². The Kier molecular flexibility index (Phi) is 2.19. The van der Waals surface area contributed by atoms with E-state index in [2.05, 4.69) is 10.6 Å². The minimum absolute atomic E-state index is 0.0613. The van der Waals surface area contributed by atoms with Crippen LogP contribution in [0.15, 0.2) is 0 Å². The predicted molar refractivity (Wildman–Crippen MR) is 50.7 cm³/mol. The van der Waals surface area contributed by atoms with Crippen LogP contribution in [0.1, 0.15) is 13.8 Å². The maximum absolute atomic E-state index is 11.8. The van der Waals surface area contributed by atoms with Crippen molar-refractivity contribution in [3.8, 4) is 0 Å². The number of hydrogen-bond donors (Lipinski definition) is 2. The molecule has 5 nitrogen and oxygen atoms in total. The first-order valence-electron chi connectivity index (χ1n) is 4.95. The number of nitrogens with zero attached hydrogens (tertiary/aromatic N) is 1. The second kappa shape index (κ2) is 3.24. The zero-order chi connectivity index (χ0) is 10.3. The van der Waals surface area contributed by atoms with E-state index in [9.17, 15) is 9.59 Å². The van der Waals surface area contributed by atoms with Crippen LogP contribution in [0.3, 0.4) is 0 Å². The molecular formula is C9H15N3O2. The van der Waals surface area contributed by atoms with E-state index in [4.69, 9.17) is 0 Å². The van der Waals surface area contributed by atoms with Crippen molar-refractivity contribution in [3.05, 3.63) is 0 Å². The first-order chi connectivity index (χ1) is 6.61. The van der Waals surface area contributed by atoms with Crippen molar-refractivity contribution in [1.82, 2.24) is 15.5 Å². The quantitative estimate of drug-likeness (QED) is 0.589. The van der Waals surface area contributed by atoms with Crippen LogP contribution in [0.25, 0.3) is 0 Å². The molecule has 0 aromatic heterocycles. The normalized spacial score (nSPS) is 28.2. The van der Waals surface area contributed by atoms with Gasteiger partial charge in [-0.15, -0.1) is 0 Å². The first-order valence-corrected chi connectivity index (χ1v) is 4.95. The molecule has 2 heterocycles. The standard InChI is InChI=1S/C9H15N3O2/c1-5(2)7-8(13)12(9(14)11-7)6-3-10-4-6/h5-7,10H,3-4H2,1-2H3,(H,11,14). The molecule has 0 saturated carbocycles. The lowest BCUT2D eigenvalue weighted by Crippen LogP contribution is -2.59. The van der Waals surface area contributed by atoms with Crippen LogP contribution in [0.2, 0.25) is 0 Å². The number of nitrogens with one attached hydrogen (secondary N) is 2. The Morgan fingerprint density at radius 3 is 2.36 bits per heavy atom. The van der Waals surface area contributed by atoms with E-state index in [0.29, 0.717) is 0 Å². The summed E-state index contributed by atoms with van der Waals surface area (Å²) in [7, 11) is 0. The fourth-order valence-corrected chi connectivity index (χ4v) is 1.77. The smallest absolute Gasteiger partial charge is 0.325 e. The number of imide groups is 1. The molecule has 2 rings (SSSR count). The molecule has 0 aliphatic carbocycles. The van der Waals surface area contributed by atoms with E-state index in [1.54, 1.807) is 0 Å². The summed E-state index contributed by atoms with van der Waals surface area (Å²) in [6.07, 6.45) is 0. The minimum atomic E-state index is -0.330. The molecule has 2 fully saturated rings. The Bertz CT molecular complexity index is 273. The largest absolute Gasteiger partial charge is 0.326 e. The van der Waals surface area contributed by atoms with Gasteiger partial charge in [0.15, 0.2) is 0 Å². The molecule has 2 saturated heterocycles. The van der Waals surface area contributed by atoms with E-state index in [0.717, 1.165) is 13.1 Å². The summed E-state index contributed by atoms with van der Waals surface area (Å²) in [5.41, 5.74) is 0. The van der Waals surface area contributed by atoms with Gasteiger partial charge in [-0.25, -0.2) is 4.79 Å². The van der Waals surface area contributed by atoms with Crippen LogP contribution in [0.4, 0.5) is 4.79 Å². The molecule has 3 amide bonds. The van der Waals surface area contributed by atoms with Crippen molar-refractivity contribution in [2.75, 3.05) is 13.1 Å². The van der Waals surface area contributed by atoms with Crippen LogP contribution in [-0.4, -0.2) is 42.0 Å². The van der Waals surface area contributed by atoms with Crippen LogP contribution in [0.5, 0.6) is 0 Å². The molecule has 5 heteroatoms. The highest BCUT2D eigenvalue weighted by atomic mass is 16.2. The van der Waals surface area contributed by atoms with E-state index < -0.39 is 0 Å². The average molecular weight is 197 g/mol. The molecule has 2 N–H and O–H groups in total. The van der Waals surface area contributed by atoms with Crippen LogP contribution < -0.4 is 10.6 Å². The van der Waals surface area contributed by atoms with Crippen molar-refractivity contribution >= 4 is 11.9 Å². The molecule has 0 radical (unpaired) electrons. The van der Waals surface area contributed by atoms with E-state index in [-0.39, 0.29) is 29.9 Å². The van der Waals surface area contributed by atoms with Crippen molar-refractivity contribution < 1.29 is 9.59 Å². The van der Waals surface area contributed by atoms with Crippen LogP contribution in [-0.2, 0) is 4.79 Å². The van der Waals surface area contributed by atoms with Gasteiger partial charge in [-0.05, 0) is 5.92 Å². The Morgan fingerprint density at radius 2 is 2.00 bits per heavy atom. The van der Waals surface area contributed by atoms with E-state index in [1.807, 2.05) is 13.8 Å². The van der Waals surface area contributed by atoms with Crippen molar-refractivity contribution in [2.45, 2.75) is 25.9 Å². The Balaban J connectivity index is 2.11. The van der Waals surface area contributed by atoms with Gasteiger partial charge in [-0.2, -0.15) is 0 Å². The fourth-order valence-electron chi connectivity index (χ4n) is 1.77. The van der Waals surface area contributed by atoms with Crippen LogP contribution in [0, 0.1) is 5.92 Å². The highest BCUT2D eigenvalue weighted by molar-refractivity contribution is 6.04. The van der Waals surface area contributed by atoms with Gasteiger partial charge in [-0.1, -0.05) is 13.8 Å². The van der Waals surface area contributed by atoms with E-state index in [1.165, 1.54) is 4.90 Å². The number of carbonyl (C=O) groups is 2. The van der Waals surface area contributed by atoms with Gasteiger partial charge < -0.3 is 10.6 Å². The molecule has 2 aliphatic heterocycles. The second-order valence-corrected chi connectivity index (χ2v) is 4.19. The van der Waals surface area contributed by atoms with Gasteiger partial charge in [-0.3, -0.25) is 9.69 Å². The Labute approximate surface area is 82.8 Å². The van der Waals surface area contributed by atoms with Gasteiger partial charge in [0.05, 0.1) is 6.04 Å². The molecule has 1 atom stereocenters. The van der Waals surface area contributed by atoms with Gasteiger partial charge in [0.2, 0.25) is 0 Å². The van der Waals surface area contributed by atoms with Crippen molar-refractivity contribution in [2.24, 2.45) is 5.92 Å². The van der Waals surface area contributed by atoms with Gasteiger partial charge in [0, 0.05) is 13.1 Å². The lowest BCUT2D eigenvalue weighted by Gasteiger charge is -2.33. The van der Waals surface area contributed by atoms with Crippen LogP contribution >= 0.6 is 0 Å². The first kappa shape index (κ1) is 9.45. The average Bonchev–Trinajstić information content (AvgIpc) is 2.29. The maximum atomic E-state index is 11.8. The fraction of sp³-hybridized carbons (Fsp3) is 0.778. The molecule has 2 aliphatic rings. The molecule has 14 heavy (non-hydrogen) atoms. The Hall–Kier alpha value is -1.10. The third-order valence-electron chi connectivity index (χ3n) is 2.79. The number of urea groups is 1. The van der Waals surface area contributed by atoms with Gasteiger partial charge >= 0.3 is 6.03 Å². The van der Waals surface area contributed by atoms with Gasteiger partial charge in [0.25, 0.3) is 5.91 Å². The summed E-state index contributed by atoms with van der Waals surface area (Å²) in [6.45, 7) is 5.32. The van der Waals surface area contributed by atoms with E-state index >= 15 is 0 Å². The molecule has 0 aromatic rings. The molecule has 1 unspecified atom stereocenters. The molecule has 0 spiro atoms. The predicted octanol–water partition coefficient (Wildman–Crippen LogP) is -0.465. The van der Waals surface area contributed by atoms with Crippen molar-refractivity contribution in [3.63, 3.8) is 0 Å². The summed E-state index contributed by atoms with van der Waals surface area (Å²) < 4.78 is 0. The molecule has 0 aromatic carbocycles. The monoisotopic (exact) mass is 197 g/mol. The second-order valence-electron chi connectivity index (χ2n) is 4.19. The highest BCUT2D eigenvalue weighted by Gasteiger charge is 2.44.